The summed E-state index contributed by atoms with van der Waals surface area (Å²) in [4.78, 5) is 22.9. The van der Waals surface area contributed by atoms with E-state index in [0.717, 1.165) is 19.3 Å². The Balaban J connectivity index is 3.71. The second-order valence-corrected chi connectivity index (χ2v) is 8.04. The molecule has 0 rings (SSSR count). The van der Waals surface area contributed by atoms with Gasteiger partial charge < -0.3 is 24.2 Å². The van der Waals surface area contributed by atoms with Crippen LogP contribution in [0.3, 0.4) is 0 Å². The van der Waals surface area contributed by atoms with Gasteiger partial charge in [-0.25, -0.2) is 4.79 Å². The number of aliphatic carboxylic acids is 1. The van der Waals surface area contributed by atoms with Gasteiger partial charge in [0, 0.05) is 12.8 Å². The molecule has 7 heteroatoms. The summed E-state index contributed by atoms with van der Waals surface area (Å²) < 4.78 is 10.7. The molecule has 27 heavy (non-hydrogen) atoms. The predicted octanol–water partition coefficient (Wildman–Crippen LogP) is 2.60. The first-order valence-electron chi connectivity index (χ1n) is 10.1. The molecule has 0 aliphatic rings. The first-order chi connectivity index (χ1) is 12.7. The third-order valence-corrected chi connectivity index (χ3v) is 4.49. The summed E-state index contributed by atoms with van der Waals surface area (Å²) in [6.45, 7) is 2.35. The van der Waals surface area contributed by atoms with E-state index in [1.165, 1.54) is 25.7 Å². The summed E-state index contributed by atoms with van der Waals surface area (Å²) >= 11 is 0. The summed E-state index contributed by atoms with van der Waals surface area (Å²) in [6.07, 6.45) is 7.81. The molecule has 0 saturated carbocycles. The number of aliphatic hydroxyl groups excluding tert-OH is 1. The molecule has 0 aromatic carbocycles. The minimum Gasteiger partial charge on any atom is -0.477 e. The molecule has 0 saturated heterocycles. The molecule has 2 atom stereocenters. The van der Waals surface area contributed by atoms with Crippen LogP contribution >= 0.6 is 0 Å². The number of carboxylic acids is 1. The van der Waals surface area contributed by atoms with Gasteiger partial charge in [-0.3, -0.25) is 4.79 Å². The van der Waals surface area contributed by atoms with Gasteiger partial charge in [-0.15, -0.1) is 0 Å². The van der Waals surface area contributed by atoms with E-state index in [4.69, 9.17) is 9.47 Å². The van der Waals surface area contributed by atoms with Crippen molar-refractivity contribution in [2.24, 2.45) is 0 Å². The number of ether oxygens (including phenoxy) is 2. The predicted molar refractivity (Wildman–Crippen MR) is 104 cm³/mol. The van der Waals surface area contributed by atoms with E-state index in [-0.39, 0.29) is 25.8 Å². The van der Waals surface area contributed by atoms with E-state index in [2.05, 4.69) is 6.92 Å². The number of esters is 1. The van der Waals surface area contributed by atoms with E-state index < -0.39 is 18.1 Å². The summed E-state index contributed by atoms with van der Waals surface area (Å²) in [5.74, 6) is -1.16. The van der Waals surface area contributed by atoms with Crippen LogP contribution in [0.4, 0.5) is 0 Å². The Morgan fingerprint density at radius 2 is 1.56 bits per heavy atom. The van der Waals surface area contributed by atoms with Crippen molar-refractivity contribution in [3.63, 3.8) is 0 Å². The number of hydrogen-bond acceptors (Lipinski definition) is 5. The SMILES string of the molecule is CCCCCCCCCC(=O)OCC(O)COCCC(C(=O)O)[N+](C)(C)C. The highest BCUT2D eigenvalue weighted by molar-refractivity contribution is 5.72. The van der Waals surface area contributed by atoms with Crippen molar-refractivity contribution < 1.29 is 33.8 Å². The maximum absolute atomic E-state index is 11.6. The van der Waals surface area contributed by atoms with Crippen LogP contribution in [0.5, 0.6) is 0 Å². The lowest BCUT2D eigenvalue weighted by molar-refractivity contribution is -0.887. The van der Waals surface area contributed by atoms with Crippen LogP contribution in [0.2, 0.25) is 0 Å². The van der Waals surface area contributed by atoms with E-state index in [9.17, 15) is 19.8 Å². The molecule has 0 aliphatic carbocycles. The largest absolute Gasteiger partial charge is 0.477 e. The van der Waals surface area contributed by atoms with Gasteiger partial charge in [0.1, 0.15) is 12.7 Å². The molecule has 0 aromatic heterocycles. The second-order valence-electron chi connectivity index (χ2n) is 8.04. The lowest BCUT2D eigenvalue weighted by atomic mass is 10.1. The minimum atomic E-state index is -0.893. The Morgan fingerprint density at radius 3 is 2.11 bits per heavy atom. The number of carboxylic acid groups (broad SMARTS) is 1. The molecule has 7 nitrogen and oxygen atoms in total. The van der Waals surface area contributed by atoms with Crippen molar-refractivity contribution in [3.05, 3.63) is 0 Å². The third-order valence-electron chi connectivity index (χ3n) is 4.49. The Labute approximate surface area is 164 Å². The lowest BCUT2D eigenvalue weighted by Gasteiger charge is -2.31. The zero-order chi connectivity index (χ0) is 20.7. The maximum atomic E-state index is 11.6. The molecular formula is C20H40NO6+. The van der Waals surface area contributed by atoms with Crippen molar-refractivity contribution in [2.75, 3.05) is 41.0 Å². The molecule has 0 radical (unpaired) electrons. The Morgan fingerprint density at radius 1 is 0.963 bits per heavy atom. The van der Waals surface area contributed by atoms with Gasteiger partial charge in [0.25, 0.3) is 0 Å². The monoisotopic (exact) mass is 390 g/mol. The molecule has 0 amide bonds. The van der Waals surface area contributed by atoms with Gasteiger partial charge in [0.15, 0.2) is 6.04 Å². The number of unbranched alkanes of at least 4 members (excludes halogenated alkanes) is 6. The molecule has 0 spiro atoms. The van der Waals surface area contributed by atoms with Crippen molar-refractivity contribution in [3.8, 4) is 0 Å². The number of likely N-dealkylation sites (N-methyl/N-ethyl adjacent to an activating group) is 1. The van der Waals surface area contributed by atoms with E-state index in [1.807, 2.05) is 21.1 Å². The molecular weight excluding hydrogens is 350 g/mol. The van der Waals surface area contributed by atoms with Crippen LogP contribution < -0.4 is 0 Å². The van der Waals surface area contributed by atoms with Crippen LogP contribution in [-0.2, 0) is 19.1 Å². The molecule has 0 heterocycles. The smallest absolute Gasteiger partial charge is 0.362 e. The second kappa shape index (κ2) is 14.8. The number of aliphatic hydroxyl groups is 1. The average molecular weight is 391 g/mol. The molecule has 2 unspecified atom stereocenters. The lowest BCUT2D eigenvalue weighted by Crippen LogP contribution is -2.50. The van der Waals surface area contributed by atoms with Crippen molar-refractivity contribution in [2.45, 2.75) is 76.9 Å². The van der Waals surface area contributed by atoms with Gasteiger partial charge >= 0.3 is 11.9 Å². The molecule has 0 fully saturated rings. The fraction of sp³-hybridized carbons (Fsp3) is 0.900. The highest BCUT2D eigenvalue weighted by atomic mass is 16.5. The number of rotatable bonds is 17. The van der Waals surface area contributed by atoms with Crippen LogP contribution in [0, 0.1) is 0 Å². The third kappa shape index (κ3) is 14.5. The molecule has 2 N–H and O–H groups in total. The van der Waals surface area contributed by atoms with Gasteiger partial charge in [0.2, 0.25) is 0 Å². The average Bonchev–Trinajstić information content (AvgIpc) is 2.57. The quantitative estimate of drug-likeness (QED) is 0.225. The highest BCUT2D eigenvalue weighted by Gasteiger charge is 2.30. The van der Waals surface area contributed by atoms with Crippen molar-refractivity contribution in [1.82, 2.24) is 0 Å². The molecule has 160 valence electrons. The topological polar surface area (TPSA) is 93.1 Å². The number of nitrogens with zero attached hydrogens (tertiary/aromatic N) is 1. The van der Waals surface area contributed by atoms with Gasteiger partial charge in [-0.1, -0.05) is 45.4 Å². The Kier molecular flexibility index (Phi) is 14.2. The Bertz CT molecular complexity index is 408. The van der Waals surface area contributed by atoms with Crippen LogP contribution in [0.1, 0.15) is 64.7 Å². The van der Waals surface area contributed by atoms with Crippen LogP contribution in [0.15, 0.2) is 0 Å². The first kappa shape index (κ1) is 25.8. The Hall–Kier alpha value is -1.18. The van der Waals surface area contributed by atoms with E-state index in [0.29, 0.717) is 17.3 Å². The van der Waals surface area contributed by atoms with Crippen molar-refractivity contribution in [1.29, 1.82) is 0 Å². The minimum absolute atomic E-state index is 0.0220. The van der Waals surface area contributed by atoms with Crippen LogP contribution in [0.25, 0.3) is 0 Å². The van der Waals surface area contributed by atoms with E-state index >= 15 is 0 Å². The zero-order valence-electron chi connectivity index (χ0n) is 17.6. The van der Waals surface area contributed by atoms with Gasteiger partial charge in [-0.2, -0.15) is 0 Å². The van der Waals surface area contributed by atoms with Crippen LogP contribution in [-0.4, -0.2) is 79.7 Å². The fourth-order valence-electron chi connectivity index (χ4n) is 2.79. The fourth-order valence-corrected chi connectivity index (χ4v) is 2.79. The van der Waals surface area contributed by atoms with E-state index in [1.54, 1.807) is 0 Å². The molecule has 0 aliphatic heterocycles. The normalized spacial score (nSPS) is 14.0. The zero-order valence-corrected chi connectivity index (χ0v) is 17.6. The first-order valence-corrected chi connectivity index (χ1v) is 10.1. The van der Waals surface area contributed by atoms with Gasteiger partial charge in [0.05, 0.1) is 34.4 Å². The number of hydrogen-bond donors (Lipinski definition) is 2. The van der Waals surface area contributed by atoms with Crippen molar-refractivity contribution >= 4 is 11.9 Å². The summed E-state index contributed by atoms with van der Waals surface area (Å²) in [7, 11) is 5.45. The summed E-state index contributed by atoms with van der Waals surface area (Å²) in [5.41, 5.74) is 0. The number of carbonyl (C=O) groups excluding carboxylic acids is 1. The summed E-state index contributed by atoms with van der Waals surface area (Å²) in [6, 6.07) is -0.568. The van der Waals surface area contributed by atoms with Gasteiger partial charge in [-0.05, 0) is 6.42 Å². The highest BCUT2D eigenvalue weighted by Crippen LogP contribution is 2.10. The standard InChI is InChI=1S/C20H39NO6/c1-5-6-7-8-9-10-11-12-19(23)27-16-17(22)15-26-14-13-18(20(24)25)21(2,3)4/h17-18,22H,5-16H2,1-4H3/p+1. The summed E-state index contributed by atoms with van der Waals surface area (Å²) in [5, 5.41) is 19.0. The maximum Gasteiger partial charge on any atom is 0.362 e. The number of carbonyl (C=O) groups is 2. The molecule has 0 bridgehead atoms. The molecule has 0 aromatic rings. The number of quaternary nitrogens is 1.